The van der Waals surface area contributed by atoms with Gasteiger partial charge in [0.2, 0.25) is 5.16 Å². The lowest BCUT2D eigenvalue weighted by Crippen LogP contribution is -2.01. The quantitative estimate of drug-likeness (QED) is 0.401. The molecule has 0 amide bonds. The highest BCUT2D eigenvalue weighted by atomic mass is 32.2. The molecule has 0 saturated carbocycles. The molecular formula is C19H17N5OS. The topological polar surface area (TPSA) is 87.3 Å². The van der Waals surface area contributed by atoms with Gasteiger partial charge in [-0.2, -0.15) is 0 Å². The SMILES string of the molecule is CCc1cccc2c(C(=O)CSc3n[nH]c(-c4ccncc4)n3)c[nH]c12. The average Bonchev–Trinajstić information content (AvgIpc) is 3.34. The van der Waals surface area contributed by atoms with Gasteiger partial charge >= 0.3 is 0 Å². The third-order valence-corrected chi connectivity index (χ3v) is 5.08. The first-order valence-corrected chi connectivity index (χ1v) is 9.32. The number of aromatic amines is 2. The molecule has 4 rings (SSSR count). The zero-order valence-corrected chi connectivity index (χ0v) is 15.0. The van der Waals surface area contributed by atoms with E-state index >= 15 is 0 Å². The number of hydrogen-bond donors (Lipinski definition) is 2. The summed E-state index contributed by atoms with van der Waals surface area (Å²) >= 11 is 1.33. The van der Waals surface area contributed by atoms with Gasteiger partial charge in [-0.15, -0.1) is 5.10 Å². The minimum atomic E-state index is 0.0600. The molecule has 3 aromatic heterocycles. The van der Waals surface area contributed by atoms with E-state index in [-0.39, 0.29) is 11.5 Å². The fraction of sp³-hybridized carbons (Fsp3) is 0.158. The molecule has 0 fully saturated rings. The van der Waals surface area contributed by atoms with Gasteiger partial charge in [0.1, 0.15) is 0 Å². The van der Waals surface area contributed by atoms with Crippen LogP contribution in [0.2, 0.25) is 0 Å². The van der Waals surface area contributed by atoms with Gasteiger partial charge in [-0.05, 0) is 24.1 Å². The van der Waals surface area contributed by atoms with E-state index in [1.165, 1.54) is 17.3 Å². The number of H-pyrrole nitrogens is 2. The molecule has 0 aliphatic carbocycles. The Kier molecular flexibility index (Phi) is 4.53. The summed E-state index contributed by atoms with van der Waals surface area (Å²) in [4.78, 5) is 24.3. The zero-order valence-electron chi connectivity index (χ0n) is 14.2. The van der Waals surface area contributed by atoms with Gasteiger partial charge in [0.05, 0.1) is 5.75 Å². The zero-order chi connectivity index (χ0) is 17.9. The number of benzene rings is 1. The summed E-state index contributed by atoms with van der Waals surface area (Å²) in [5.41, 5.74) is 3.88. The van der Waals surface area contributed by atoms with Crippen molar-refractivity contribution in [1.29, 1.82) is 0 Å². The Hall–Kier alpha value is -2.93. The summed E-state index contributed by atoms with van der Waals surface area (Å²) in [6.45, 7) is 2.11. The van der Waals surface area contributed by atoms with Crippen molar-refractivity contribution in [2.45, 2.75) is 18.5 Å². The van der Waals surface area contributed by atoms with E-state index in [0.29, 0.717) is 16.5 Å². The average molecular weight is 363 g/mol. The second-order valence-electron chi connectivity index (χ2n) is 5.81. The number of fused-ring (bicyclic) bond motifs is 1. The van der Waals surface area contributed by atoms with Crippen LogP contribution in [0.25, 0.3) is 22.3 Å². The predicted molar refractivity (Wildman–Crippen MR) is 102 cm³/mol. The monoisotopic (exact) mass is 363 g/mol. The molecule has 0 aliphatic heterocycles. The van der Waals surface area contributed by atoms with Crippen LogP contribution in [-0.2, 0) is 6.42 Å². The van der Waals surface area contributed by atoms with Gasteiger partial charge in [0.25, 0.3) is 0 Å². The first-order valence-electron chi connectivity index (χ1n) is 8.34. The molecule has 0 atom stereocenters. The highest BCUT2D eigenvalue weighted by Gasteiger charge is 2.15. The largest absolute Gasteiger partial charge is 0.360 e. The molecule has 0 aliphatic rings. The number of pyridine rings is 1. The van der Waals surface area contributed by atoms with Crippen LogP contribution in [0, 0.1) is 0 Å². The van der Waals surface area contributed by atoms with E-state index in [1.54, 1.807) is 18.6 Å². The van der Waals surface area contributed by atoms with Crippen molar-refractivity contribution >= 4 is 28.4 Å². The smallest absolute Gasteiger partial charge is 0.209 e. The lowest BCUT2D eigenvalue weighted by atomic mass is 10.1. The van der Waals surface area contributed by atoms with Crippen LogP contribution in [-0.4, -0.2) is 36.7 Å². The van der Waals surface area contributed by atoms with E-state index in [9.17, 15) is 4.79 Å². The van der Waals surface area contributed by atoms with Crippen molar-refractivity contribution in [2.75, 3.05) is 5.75 Å². The summed E-state index contributed by atoms with van der Waals surface area (Å²) in [5, 5.41) is 8.61. The first kappa shape index (κ1) is 16.5. The van der Waals surface area contributed by atoms with E-state index in [4.69, 9.17) is 0 Å². The first-order chi connectivity index (χ1) is 12.8. The molecule has 4 aromatic rings. The number of Topliss-reactive ketones (excluding diaryl/α,β-unsaturated/α-hetero) is 1. The van der Waals surface area contributed by atoms with E-state index in [2.05, 4.69) is 38.1 Å². The van der Waals surface area contributed by atoms with Gasteiger partial charge in [0.15, 0.2) is 11.6 Å². The summed E-state index contributed by atoms with van der Waals surface area (Å²) in [5.74, 6) is 1.02. The Morgan fingerprint density at radius 3 is 2.85 bits per heavy atom. The molecule has 1 aromatic carbocycles. The second kappa shape index (κ2) is 7.13. The maximum absolute atomic E-state index is 12.7. The van der Waals surface area contributed by atoms with Crippen molar-refractivity contribution in [1.82, 2.24) is 25.1 Å². The fourth-order valence-corrected chi connectivity index (χ4v) is 3.58. The van der Waals surface area contributed by atoms with Crippen molar-refractivity contribution in [3.8, 4) is 11.4 Å². The number of nitrogens with one attached hydrogen (secondary N) is 2. The minimum absolute atomic E-state index is 0.0600. The van der Waals surface area contributed by atoms with Crippen LogP contribution in [0.15, 0.2) is 54.1 Å². The number of carbonyl (C=O) groups excluding carboxylic acids is 1. The van der Waals surface area contributed by atoms with Crippen molar-refractivity contribution in [3.63, 3.8) is 0 Å². The van der Waals surface area contributed by atoms with Gasteiger partial charge in [-0.25, -0.2) is 4.98 Å². The molecule has 26 heavy (non-hydrogen) atoms. The Labute approximate surface area is 154 Å². The number of carbonyl (C=O) groups is 1. The number of thioether (sulfide) groups is 1. The lowest BCUT2D eigenvalue weighted by Gasteiger charge is -2.00. The van der Waals surface area contributed by atoms with E-state index in [1.807, 2.05) is 24.3 Å². The van der Waals surface area contributed by atoms with Crippen molar-refractivity contribution in [3.05, 3.63) is 60.0 Å². The molecule has 0 radical (unpaired) electrons. The van der Waals surface area contributed by atoms with Gasteiger partial charge in [-0.3, -0.25) is 14.9 Å². The fourth-order valence-electron chi connectivity index (χ4n) is 2.90. The molecule has 2 N–H and O–H groups in total. The van der Waals surface area contributed by atoms with Crippen molar-refractivity contribution in [2.24, 2.45) is 0 Å². The number of ketones is 1. The Morgan fingerprint density at radius 1 is 1.19 bits per heavy atom. The van der Waals surface area contributed by atoms with Crippen LogP contribution in [0.3, 0.4) is 0 Å². The number of hydrogen-bond acceptors (Lipinski definition) is 5. The summed E-state index contributed by atoms with van der Waals surface area (Å²) in [6.07, 6.45) is 6.13. The summed E-state index contributed by atoms with van der Waals surface area (Å²) in [6, 6.07) is 9.78. The molecule has 0 saturated heterocycles. The van der Waals surface area contributed by atoms with Gasteiger partial charge < -0.3 is 4.98 Å². The number of rotatable bonds is 6. The highest BCUT2D eigenvalue weighted by Crippen LogP contribution is 2.25. The Morgan fingerprint density at radius 2 is 2.04 bits per heavy atom. The van der Waals surface area contributed by atoms with Gasteiger partial charge in [0, 0.05) is 40.6 Å². The van der Waals surface area contributed by atoms with Crippen LogP contribution in [0.5, 0.6) is 0 Å². The van der Waals surface area contributed by atoms with Crippen LogP contribution >= 0.6 is 11.8 Å². The summed E-state index contributed by atoms with van der Waals surface area (Å²) in [7, 11) is 0. The van der Waals surface area contributed by atoms with Gasteiger partial charge in [-0.1, -0.05) is 36.9 Å². The van der Waals surface area contributed by atoms with Crippen LogP contribution in [0.1, 0.15) is 22.8 Å². The highest BCUT2D eigenvalue weighted by molar-refractivity contribution is 7.99. The van der Waals surface area contributed by atoms with Crippen molar-refractivity contribution < 1.29 is 4.79 Å². The third kappa shape index (κ3) is 3.13. The maximum atomic E-state index is 12.7. The lowest BCUT2D eigenvalue weighted by molar-refractivity contribution is 0.102. The third-order valence-electron chi connectivity index (χ3n) is 4.23. The standard InChI is InChI=1S/C19H17N5OS/c1-2-12-4-3-5-14-15(10-21-17(12)14)16(25)11-26-19-22-18(23-24-19)13-6-8-20-9-7-13/h3-10,21H,2,11H2,1H3,(H,22,23,24). The molecule has 7 heteroatoms. The normalized spacial score (nSPS) is 11.1. The number of aryl methyl sites for hydroxylation is 1. The molecule has 0 unspecified atom stereocenters. The summed E-state index contributed by atoms with van der Waals surface area (Å²) < 4.78 is 0. The molecule has 130 valence electrons. The molecular weight excluding hydrogens is 346 g/mol. The molecule has 3 heterocycles. The molecule has 0 spiro atoms. The Balaban J connectivity index is 1.49. The molecule has 6 nitrogen and oxygen atoms in total. The van der Waals surface area contributed by atoms with Crippen LogP contribution < -0.4 is 0 Å². The predicted octanol–water partition coefficient (Wildman–Crippen LogP) is 3.89. The van der Waals surface area contributed by atoms with Crippen LogP contribution in [0.4, 0.5) is 0 Å². The van der Waals surface area contributed by atoms with E-state index < -0.39 is 0 Å². The van der Waals surface area contributed by atoms with E-state index in [0.717, 1.165) is 22.9 Å². The second-order valence-corrected chi connectivity index (χ2v) is 6.75. The minimum Gasteiger partial charge on any atom is -0.360 e. The number of para-hydroxylation sites is 1. The number of nitrogens with zero attached hydrogens (tertiary/aromatic N) is 3. The molecule has 0 bridgehead atoms. The Bertz CT molecular complexity index is 1050. The number of aromatic nitrogens is 5. The maximum Gasteiger partial charge on any atom is 0.209 e.